The summed E-state index contributed by atoms with van der Waals surface area (Å²) in [5.41, 5.74) is 4.15. The Labute approximate surface area is 189 Å². The minimum absolute atomic E-state index is 0.0648. The van der Waals surface area contributed by atoms with Crippen molar-refractivity contribution in [1.29, 1.82) is 0 Å². The van der Waals surface area contributed by atoms with Crippen LogP contribution in [0.15, 0.2) is 60.2 Å². The highest BCUT2D eigenvalue weighted by atomic mass is 16.5. The van der Waals surface area contributed by atoms with Gasteiger partial charge in [-0.15, -0.1) is 6.58 Å². The van der Waals surface area contributed by atoms with Crippen molar-refractivity contribution >= 4 is 17.9 Å². The zero-order valence-corrected chi connectivity index (χ0v) is 18.6. The number of hydrogen-bond acceptors (Lipinski definition) is 5. The monoisotopic (exact) mass is 431 g/mol. The molecule has 1 N–H and O–H groups in total. The van der Waals surface area contributed by atoms with Gasteiger partial charge in [-0.3, -0.25) is 9.69 Å². The molecule has 1 heterocycles. The van der Waals surface area contributed by atoms with Gasteiger partial charge in [-0.05, 0) is 72.4 Å². The Morgan fingerprint density at radius 3 is 2.22 bits per heavy atom. The summed E-state index contributed by atoms with van der Waals surface area (Å²) in [6.45, 7) is 5.04. The Morgan fingerprint density at radius 2 is 1.62 bits per heavy atom. The highest BCUT2D eigenvalue weighted by Gasteiger charge is 2.35. The molecule has 1 aliphatic heterocycles. The first kappa shape index (κ1) is 21.9. The van der Waals surface area contributed by atoms with E-state index in [0.29, 0.717) is 37.1 Å². The fraction of sp³-hybridized carbons (Fsp3) is 0.296. The average Bonchev–Trinajstić information content (AvgIpc) is 3.64. The van der Waals surface area contributed by atoms with Gasteiger partial charge in [0.05, 0.1) is 14.2 Å². The number of Topliss-reactive ketones (excluding diaryl/α,β-unsaturated/α-hetero) is 1. The Morgan fingerprint density at radius 1 is 1.00 bits per heavy atom. The van der Waals surface area contributed by atoms with Crippen molar-refractivity contribution < 1.29 is 19.4 Å². The van der Waals surface area contributed by atoms with Crippen LogP contribution in [0.1, 0.15) is 29.5 Å². The highest BCUT2D eigenvalue weighted by molar-refractivity contribution is 6.14. The first-order valence-electron chi connectivity index (χ1n) is 10.9. The van der Waals surface area contributed by atoms with Crippen molar-refractivity contribution in [2.45, 2.75) is 25.3 Å². The summed E-state index contributed by atoms with van der Waals surface area (Å²) in [6.07, 6.45) is 8.59. The normalized spacial score (nSPS) is 19.4. The number of allylic oxidation sites excluding steroid dienone is 1. The van der Waals surface area contributed by atoms with Crippen molar-refractivity contribution in [2.75, 3.05) is 27.3 Å². The predicted molar refractivity (Wildman–Crippen MR) is 127 cm³/mol. The summed E-state index contributed by atoms with van der Waals surface area (Å²) in [5, 5.41) is 10.1. The van der Waals surface area contributed by atoms with E-state index in [1.54, 1.807) is 26.4 Å². The van der Waals surface area contributed by atoms with E-state index in [1.165, 1.54) is 12.8 Å². The summed E-state index contributed by atoms with van der Waals surface area (Å²) in [4.78, 5) is 15.8. The van der Waals surface area contributed by atoms with Gasteiger partial charge >= 0.3 is 0 Å². The second kappa shape index (κ2) is 9.45. The number of nitrogens with zero attached hydrogens (tertiary/aromatic N) is 1. The number of carbonyl (C=O) groups is 1. The molecule has 1 aliphatic carbocycles. The van der Waals surface area contributed by atoms with E-state index in [9.17, 15) is 9.90 Å². The van der Waals surface area contributed by atoms with Crippen LogP contribution in [0.25, 0.3) is 12.2 Å². The lowest BCUT2D eigenvalue weighted by Crippen LogP contribution is -2.39. The lowest BCUT2D eigenvalue weighted by atomic mass is 9.93. The van der Waals surface area contributed by atoms with Gasteiger partial charge in [0.1, 0.15) is 5.75 Å². The topological polar surface area (TPSA) is 59.0 Å². The summed E-state index contributed by atoms with van der Waals surface area (Å²) in [7, 11) is 3.21. The molecule has 2 aromatic rings. The fourth-order valence-corrected chi connectivity index (χ4v) is 4.12. The minimum Gasteiger partial charge on any atom is -0.508 e. The number of aromatic hydroxyl groups is 1. The van der Waals surface area contributed by atoms with Crippen LogP contribution in [0.5, 0.6) is 17.2 Å². The number of methoxy groups -OCH3 is 2. The standard InChI is InChI=1S/C27H29NO4/c1-4-5-20-12-18(6-10-24(20)29)13-21-16-28(23-8-9-23)17-22(27(21)30)14-19-7-11-25(31-2)26(15-19)32-3/h4,6-7,10-15,23,29H,1,5,8-9,16-17H2,2-3H3/b21-13+,22-14+. The van der Waals surface area contributed by atoms with Gasteiger partial charge in [0.25, 0.3) is 0 Å². The molecule has 2 aliphatic rings. The minimum atomic E-state index is 0.0648. The predicted octanol–water partition coefficient (Wildman–Crippen LogP) is 4.65. The van der Waals surface area contributed by atoms with Crippen LogP contribution >= 0.6 is 0 Å². The summed E-state index contributed by atoms with van der Waals surface area (Å²) in [6, 6.07) is 11.7. The van der Waals surface area contributed by atoms with Crippen LogP contribution in [0, 0.1) is 0 Å². The molecular weight excluding hydrogens is 402 g/mol. The van der Waals surface area contributed by atoms with E-state index in [-0.39, 0.29) is 11.5 Å². The molecule has 1 saturated carbocycles. The maximum absolute atomic E-state index is 13.4. The Balaban J connectivity index is 1.68. The first-order chi connectivity index (χ1) is 15.5. The number of benzene rings is 2. The third-order valence-corrected chi connectivity index (χ3v) is 5.95. The van der Waals surface area contributed by atoms with Gasteiger partial charge in [-0.2, -0.15) is 0 Å². The number of likely N-dealkylation sites (tertiary alicyclic amines) is 1. The number of ether oxygens (including phenoxy) is 2. The lowest BCUT2D eigenvalue weighted by molar-refractivity contribution is -0.113. The molecule has 1 saturated heterocycles. The van der Waals surface area contributed by atoms with Gasteiger partial charge < -0.3 is 14.6 Å². The number of phenolic OH excluding ortho intramolecular Hbond substituents is 1. The number of phenols is 1. The molecule has 5 heteroatoms. The van der Waals surface area contributed by atoms with Crippen molar-refractivity contribution in [3.05, 3.63) is 76.9 Å². The maximum atomic E-state index is 13.4. The molecule has 32 heavy (non-hydrogen) atoms. The maximum Gasteiger partial charge on any atom is 0.187 e. The lowest BCUT2D eigenvalue weighted by Gasteiger charge is -2.29. The second-order valence-corrected chi connectivity index (χ2v) is 8.30. The Bertz CT molecular complexity index is 1090. The third kappa shape index (κ3) is 4.78. The van der Waals surface area contributed by atoms with Crippen LogP contribution in [0.4, 0.5) is 0 Å². The van der Waals surface area contributed by atoms with Gasteiger partial charge in [-0.25, -0.2) is 0 Å². The molecule has 0 radical (unpaired) electrons. The molecule has 0 atom stereocenters. The van der Waals surface area contributed by atoms with Crippen LogP contribution in [0.2, 0.25) is 0 Å². The smallest absolute Gasteiger partial charge is 0.187 e. The zero-order chi connectivity index (χ0) is 22.7. The first-order valence-corrected chi connectivity index (χ1v) is 10.9. The molecule has 2 aromatic carbocycles. The molecule has 4 rings (SSSR count). The second-order valence-electron chi connectivity index (χ2n) is 8.30. The van der Waals surface area contributed by atoms with Gasteiger partial charge in [-0.1, -0.05) is 18.2 Å². The van der Waals surface area contributed by atoms with Crippen LogP contribution in [-0.2, 0) is 11.2 Å². The van der Waals surface area contributed by atoms with E-state index < -0.39 is 0 Å². The van der Waals surface area contributed by atoms with Crippen molar-refractivity contribution in [2.24, 2.45) is 0 Å². The van der Waals surface area contributed by atoms with Crippen LogP contribution in [-0.4, -0.2) is 49.1 Å². The van der Waals surface area contributed by atoms with Crippen LogP contribution < -0.4 is 9.47 Å². The van der Waals surface area contributed by atoms with Crippen molar-refractivity contribution in [1.82, 2.24) is 4.90 Å². The van der Waals surface area contributed by atoms with Crippen LogP contribution in [0.3, 0.4) is 0 Å². The number of carbonyl (C=O) groups excluding carboxylic acids is 1. The average molecular weight is 432 g/mol. The fourth-order valence-electron chi connectivity index (χ4n) is 4.12. The molecule has 0 unspecified atom stereocenters. The SMILES string of the molecule is C=CCc1cc(/C=C2\CN(C3CC3)C/C(=C\c3ccc(OC)c(OC)c3)C2=O)ccc1O. The van der Waals surface area contributed by atoms with Crippen molar-refractivity contribution in [3.63, 3.8) is 0 Å². The van der Waals surface area contributed by atoms with E-state index >= 15 is 0 Å². The van der Waals surface area contributed by atoms with Crippen molar-refractivity contribution in [3.8, 4) is 17.2 Å². The van der Waals surface area contributed by atoms with E-state index in [1.807, 2.05) is 42.5 Å². The zero-order valence-electron chi connectivity index (χ0n) is 18.6. The van der Waals surface area contributed by atoms with E-state index in [0.717, 1.165) is 27.8 Å². The number of hydrogen-bond donors (Lipinski definition) is 1. The Hall–Kier alpha value is -3.31. The third-order valence-electron chi connectivity index (χ3n) is 5.95. The van der Waals surface area contributed by atoms with Gasteiger partial charge in [0.2, 0.25) is 0 Å². The molecule has 5 nitrogen and oxygen atoms in total. The quantitative estimate of drug-likeness (QED) is 0.511. The summed E-state index contributed by atoms with van der Waals surface area (Å²) in [5.74, 6) is 1.61. The molecule has 0 amide bonds. The van der Waals surface area contributed by atoms with Gasteiger partial charge in [0.15, 0.2) is 17.3 Å². The largest absolute Gasteiger partial charge is 0.508 e. The Kier molecular flexibility index (Phi) is 6.47. The number of rotatable bonds is 7. The summed E-state index contributed by atoms with van der Waals surface area (Å²) < 4.78 is 10.7. The molecule has 0 aromatic heterocycles. The molecular formula is C27H29NO4. The highest BCUT2D eigenvalue weighted by Crippen LogP contribution is 2.34. The molecule has 0 spiro atoms. The van der Waals surface area contributed by atoms with E-state index in [2.05, 4.69) is 11.5 Å². The van der Waals surface area contributed by atoms with E-state index in [4.69, 9.17) is 9.47 Å². The molecule has 166 valence electrons. The molecule has 2 fully saturated rings. The van der Waals surface area contributed by atoms with Gasteiger partial charge in [0, 0.05) is 30.3 Å². The molecule has 0 bridgehead atoms. The summed E-state index contributed by atoms with van der Waals surface area (Å²) >= 11 is 0. The number of piperidine rings is 1. The number of ketones is 1.